The number of benzene rings is 1. The van der Waals surface area contributed by atoms with E-state index in [0.29, 0.717) is 40.5 Å². The molecule has 5 rings (SSSR count). The van der Waals surface area contributed by atoms with Gasteiger partial charge in [-0.2, -0.15) is 10.2 Å². The van der Waals surface area contributed by atoms with Gasteiger partial charge in [0, 0.05) is 11.7 Å². The molecule has 9 heteroatoms. The van der Waals surface area contributed by atoms with Gasteiger partial charge >= 0.3 is 0 Å². The SMILES string of the molecule is CN(C)C1Cc2cc(Nc3ncc(C#N)c(Nc4cccc(P(C)(C)=O)n4)n3)cc3c2C(CCC3)C1. The fraction of sp³-hybridized carbons (Fsp3) is 0.407. The van der Waals surface area contributed by atoms with Crippen LogP contribution >= 0.6 is 7.14 Å². The van der Waals surface area contributed by atoms with E-state index in [1.165, 1.54) is 36.6 Å². The Labute approximate surface area is 212 Å². The van der Waals surface area contributed by atoms with Crippen LogP contribution in [0.2, 0.25) is 0 Å². The van der Waals surface area contributed by atoms with E-state index in [1.807, 2.05) is 0 Å². The Morgan fingerprint density at radius 1 is 1.14 bits per heavy atom. The molecule has 186 valence electrons. The molecule has 2 atom stereocenters. The number of aromatic nitrogens is 3. The fourth-order valence-corrected chi connectivity index (χ4v) is 6.19. The maximum atomic E-state index is 12.5. The zero-order valence-electron chi connectivity index (χ0n) is 21.2. The molecule has 2 unspecified atom stereocenters. The highest BCUT2D eigenvalue weighted by Gasteiger charge is 2.32. The van der Waals surface area contributed by atoms with Crippen molar-refractivity contribution in [2.24, 2.45) is 0 Å². The maximum absolute atomic E-state index is 12.5. The van der Waals surface area contributed by atoms with Crippen molar-refractivity contribution in [2.45, 2.75) is 44.1 Å². The molecule has 3 aromatic rings. The number of nitriles is 1. The Morgan fingerprint density at radius 2 is 1.94 bits per heavy atom. The summed E-state index contributed by atoms with van der Waals surface area (Å²) in [6, 6.07) is 12.5. The normalized spacial score (nSPS) is 18.9. The van der Waals surface area contributed by atoms with Crippen LogP contribution in [0.4, 0.5) is 23.3 Å². The average Bonchev–Trinajstić information content (AvgIpc) is 2.84. The van der Waals surface area contributed by atoms with Crippen LogP contribution in [0.5, 0.6) is 0 Å². The molecule has 0 amide bonds. The maximum Gasteiger partial charge on any atom is 0.229 e. The number of rotatable bonds is 6. The number of hydrogen-bond acceptors (Lipinski definition) is 8. The second kappa shape index (κ2) is 9.65. The van der Waals surface area contributed by atoms with Gasteiger partial charge in [0.05, 0.1) is 6.20 Å². The van der Waals surface area contributed by atoms with Gasteiger partial charge in [-0.25, -0.2) is 9.97 Å². The molecule has 0 fully saturated rings. The van der Waals surface area contributed by atoms with Crippen molar-refractivity contribution in [1.82, 2.24) is 19.9 Å². The molecule has 0 bridgehead atoms. The van der Waals surface area contributed by atoms with E-state index in [9.17, 15) is 9.83 Å². The molecule has 0 spiro atoms. The second-order valence-electron chi connectivity index (χ2n) is 10.4. The Kier molecular flexibility index (Phi) is 6.55. The van der Waals surface area contributed by atoms with E-state index in [-0.39, 0.29) is 0 Å². The monoisotopic (exact) mass is 501 g/mol. The lowest BCUT2D eigenvalue weighted by Crippen LogP contribution is -2.36. The lowest BCUT2D eigenvalue weighted by molar-refractivity contribution is 0.242. The van der Waals surface area contributed by atoms with Crippen LogP contribution in [0.1, 0.15) is 47.4 Å². The molecule has 2 aromatic heterocycles. The third kappa shape index (κ3) is 5.00. The van der Waals surface area contributed by atoms with Gasteiger partial charge in [0.1, 0.15) is 30.0 Å². The number of anilines is 4. The first kappa shape index (κ1) is 24.4. The van der Waals surface area contributed by atoms with Crippen molar-refractivity contribution in [3.63, 3.8) is 0 Å². The highest BCUT2D eigenvalue weighted by Crippen LogP contribution is 2.43. The van der Waals surface area contributed by atoms with Crippen LogP contribution in [-0.4, -0.2) is 53.3 Å². The summed E-state index contributed by atoms with van der Waals surface area (Å²) >= 11 is 0. The topological polar surface area (TPSA) is 107 Å². The molecular formula is C27H32N7OP. The summed E-state index contributed by atoms with van der Waals surface area (Å²) in [7, 11) is 1.83. The predicted octanol–water partition coefficient (Wildman–Crippen LogP) is 4.77. The Bertz CT molecular complexity index is 1390. The van der Waals surface area contributed by atoms with Gasteiger partial charge in [-0.05, 0) is 106 Å². The van der Waals surface area contributed by atoms with Crippen LogP contribution in [-0.2, 0) is 17.4 Å². The molecule has 2 aliphatic carbocycles. The van der Waals surface area contributed by atoms with E-state index in [2.05, 4.69) is 62.8 Å². The average molecular weight is 502 g/mol. The Hall–Kier alpha value is -3.27. The van der Waals surface area contributed by atoms with E-state index < -0.39 is 7.14 Å². The van der Waals surface area contributed by atoms with E-state index >= 15 is 0 Å². The van der Waals surface area contributed by atoms with Crippen molar-refractivity contribution in [3.8, 4) is 6.07 Å². The first-order valence-corrected chi connectivity index (χ1v) is 15.0. The van der Waals surface area contributed by atoms with Gasteiger partial charge in [-0.3, -0.25) is 0 Å². The van der Waals surface area contributed by atoms with Crippen molar-refractivity contribution < 1.29 is 4.57 Å². The minimum atomic E-state index is -2.52. The highest BCUT2D eigenvalue weighted by atomic mass is 31.2. The number of nitrogens with one attached hydrogen (secondary N) is 2. The molecule has 36 heavy (non-hydrogen) atoms. The quantitative estimate of drug-likeness (QED) is 0.465. The molecule has 2 heterocycles. The standard InChI is InChI=1S/C27H32N7OP/c1-34(2)22-13-18-8-5-7-17-11-21(12-19(14-22)25(17)18)30-27-29-16-20(15-28)26(33-27)32-23-9-6-10-24(31-23)36(3,4)35/h6,9-12,16,18,22H,5,7-8,13-14H2,1-4H3,(H2,29,30,31,32,33). The third-order valence-corrected chi connectivity index (χ3v) is 8.55. The zero-order chi connectivity index (χ0) is 25.4. The molecule has 2 N–H and O–H groups in total. The van der Waals surface area contributed by atoms with E-state index in [1.54, 1.807) is 37.1 Å². The van der Waals surface area contributed by atoms with Crippen LogP contribution < -0.4 is 16.1 Å². The number of pyridine rings is 1. The van der Waals surface area contributed by atoms with Crippen LogP contribution in [0.15, 0.2) is 36.5 Å². The van der Waals surface area contributed by atoms with Gasteiger partial charge in [0.2, 0.25) is 5.95 Å². The smallest absolute Gasteiger partial charge is 0.229 e. The molecule has 0 radical (unpaired) electrons. The third-order valence-electron chi connectivity index (χ3n) is 7.20. The number of aryl methyl sites for hydroxylation is 1. The van der Waals surface area contributed by atoms with Gasteiger partial charge in [-0.15, -0.1) is 0 Å². The van der Waals surface area contributed by atoms with Gasteiger partial charge in [0.15, 0.2) is 5.82 Å². The van der Waals surface area contributed by atoms with Crippen molar-refractivity contribution in [1.29, 1.82) is 5.26 Å². The highest BCUT2D eigenvalue weighted by molar-refractivity contribution is 7.69. The molecule has 2 aliphatic rings. The summed E-state index contributed by atoms with van der Waals surface area (Å²) in [5.41, 5.74) is 6.21. The summed E-state index contributed by atoms with van der Waals surface area (Å²) < 4.78 is 12.5. The first-order valence-electron chi connectivity index (χ1n) is 12.4. The van der Waals surface area contributed by atoms with Crippen LogP contribution in [0.25, 0.3) is 0 Å². The van der Waals surface area contributed by atoms with Crippen LogP contribution in [0.3, 0.4) is 0 Å². The van der Waals surface area contributed by atoms with Crippen LogP contribution in [0, 0.1) is 11.3 Å². The minimum absolute atomic E-state index is 0.307. The fourth-order valence-electron chi connectivity index (χ4n) is 5.39. The second-order valence-corrected chi connectivity index (χ2v) is 13.6. The lowest BCUT2D eigenvalue weighted by atomic mass is 9.71. The summed E-state index contributed by atoms with van der Waals surface area (Å²) in [5.74, 6) is 1.89. The molecule has 8 nitrogen and oxygen atoms in total. The van der Waals surface area contributed by atoms with Gasteiger partial charge in [0.25, 0.3) is 0 Å². The molecule has 0 saturated carbocycles. The largest absolute Gasteiger partial charge is 0.324 e. The molecule has 1 aromatic carbocycles. The predicted molar refractivity (Wildman–Crippen MR) is 145 cm³/mol. The molecular weight excluding hydrogens is 469 g/mol. The summed E-state index contributed by atoms with van der Waals surface area (Å²) in [5, 5.41) is 16.1. The number of likely N-dealkylation sites (N-methyl/N-ethyl adjacent to an activating group) is 1. The minimum Gasteiger partial charge on any atom is -0.324 e. The summed E-state index contributed by atoms with van der Waals surface area (Å²) in [6.07, 6.45) is 7.37. The first-order chi connectivity index (χ1) is 17.2. The van der Waals surface area contributed by atoms with Crippen molar-refractivity contribution in [3.05, 3.63) is 58.8 Å². The number of nitrogens with zero attached hydrogens (tertiary/aromatic N) is 5. The summed E-state index contributed by atoms with van der Waals surface area (Å²) in [6.45, 7) is 3.36. The van der Waals surface area contributed by atoms with Gasteiger partial charge < -0.3 is 20.1 Å². The zero-order valence-corrected chi connectivity index (χ0v) is 22.1. The Morgan fingerprint density at radius 3 is 2.69 bits per heavy atom. The van der Waals surface area contributed by atoms with Crippen molar-refractivity contribution in [2.75, 3.05) is 38.1 Å². The number of hydrogen-bond donors (Lipinski definition) is 2. The molecule has 0 aliphatic heterocycles. The van der Waals surface area contributed by atoms with Gasteiger partial charge in [-0.1, -0.05) is 6.07 Å². The Balaban J connectivity index is 1.44. The van der Waals surface area contributed by atoms with E-state index in [4.69, 9.17) is 0 Å². The lowest BCUT2D eigenvalue weighted by Gasteiger charge is -2.39. The van der Waals surface area contributed by atoms with E-state index in [0.717, 1.165) is 18.5 Å². The van der Waals surface area contributed by atoms with Crippen molar-refractivity contribution >= 4 is 35.8 Å². The summed E-state index contributed by atoms with van der Waals surface area (Å²) in [4.78, 5) is 15.8. The molecule has 0 saturated heterocycles.